The third-order valence-corrected chi connectivity index (χ3v) is 4.79. The molecule has 0 fully saturated rings. The van der Waals surface area contributed by atoms with Gasteiger partial charge in [0.1, 0.15) is 0 Å². The third kappa shape index (κ3) is 5.64. The number of nitrogens with one attached hydrogen (secondary N) is 1. The maximum absolute atomic E-state index is 12.1. The van der Waals surface area contributed by atoms with E-state index in [2.05, 4.69) is 4.98 Å². The zero-order valence-electron chi connectivity index (χ0n) is 13.5. The molecule has 2 aromatic rings. The van der Waals surface area contributed by atoms with Crippen LogP contribution in [0.4, 0.5) is 5.69 Å². The zero-order valence-corrected chi connectivity index (χ0v) is 14.3. The number of hydrogen-bond donors (Lipinski definition) is 1. The number of carbonyl (C=O) groups excluding carboxylic acids is 1. The third-order valence-electron chi connectivity index (χ3n) is 3.54. The topological polar surface area (TPSA) is 119 Å². The van der Waals surface area contributed by atoms with Gasteiger partial charge in [-0.2, -0.15) is 0 Å². The van der Waals surface area contributed by atoms with Gasteiger partial charge in [0.2, 0.25) is 15.9 Å². The Morgan fingerprint density at radius 1 is 1.20 bits per heavy atom. The van der Waals surface area contributed by atoms with Crippen LogP contribution in [0.5, 0.6) is 0 Å². The Kier molecular flexibility index (Phi) is 5.81. The molecule has 132 valence electrons. The molecule has 0 aliphatic rings. The first kappa shape index (κ1) is 18.5. The van der Waals surface area contributed by atoms with Crippen molar-refractivity contribution in [3.63, 3.8) is 0 Å². The van der Waals surface area contributed by atoms with Crippen LogP contribution in [0.2, 0.25) is 0 Å². The van der Waals surface area contributed by atoms with Crippen molar-refractivity contribution in [2.24, 2.45) is 0 Å². The normalized spacial score (nSPS) is 12.4. The second-order valence-corrected chi connectivity index (χ2v) is 7.32. The number of hydrogen-bond acceptors (Lipinski definition) is 6. The molecule has 1 N–H and O–H groups in total. The monoisotopic (exact) mass is 363 g/mol. The second kappa shape index (κ2) is 7.84. The molecule has 1 aromatic heterocycles. The van der Waals surface area contributed by atoms with Gasteiger partial charge in [-0.15, -0.1) is 0 Å². The highest BCUT2D eigenvalue weighted by Crippen LogP contribution is 2.18. The molecule has 2 rings (SSSR count). The fraction of sp³-hybridized carbons (Fsp3) is 0.250. The molecule has 8 nitrogen and oxygen atoms in total. The van der Waals surface area contributed by atoms with Gasteiger partial charge in [-0.05, 0) is 29.2 Å². The van der Waals surface area contributed by atoms with Gasteiger partial charge in [0, 0.05) is 30.9 Å². The number of sulfonamides is 1. The number of nitrogens with zero attached hydrogens (tertiary/aromatic N) is 2. The van der Waals surface area contributed by atoms with E-state index in [4.69, 9.17) is 0 Å². The van der Waals surface area contributed by atoms with Gasteiger partial charge in [-0.25, -0.2) is 8.42 Å². The van der Waals surface area contributed by atoms with E-state index in [0.29, 0.717) is 5.56 Å². The molecule has 0 bridgehead atoms. The highest BCUT2D eigenvalue weighted by atomic mass is 32.2. The Bertz CT molecular complexity index is 851. The van der Waals surface area contributed by atoms with Crippen LogP contribution in [-0.4, -0.2) is 24.2 Å². The highest BCUT2D eigenvalue weighted by molar-refractivity contribution is 7.89. The van der Waals surface area contributed by atoms with Crippen LogP contribution in [0.15, 0.2) is 48.8 Å². The van der Waals surface area contributed by atoms with Gasteiger partial charge in [-0.3, -0.25) is 24.6 Å². The van der Waals surface area contributed by atoms with Crippen molar-refractivity contribution in [1.29, 1.82) is 0 Å². The predicted molar refractivity (Wildman–Crippen MR) is 91.1 cm³/mol. The Balaban J connectivity index is 1.95. The summed E-state index contributed by atoms with van der Waals surface area (Å²) in [7, 11) is -3.88. The fourth-order valence-corrected chi connectivity index (χ4v) is 3.41. The van der Waals surface area contributed by atoms with Crippen LogP contribution in [0, 0.1) is 10.1 Å². The van der Waals surface area contributed by atoms with Crippen molar-refractivity contribution in [2.75, 3.05) is 0 Å². The summed E-state index contributed by atoms with van der Waals surface area (Å²) in [6.45, 7) is 1.82. The number of benzene rings is 1. The molecule has 0 radical (unpaired) electrons. The lowest BCUT2D eigenvalue weighted by molar-refractivity contribution is -0.384. The van der Waals surface area contributed by atoms with Crippen LogP contribution in [0.3, 0.4) is 0 Å². The Labute approximate surface area is 145 Å². The summed E-state index contributed by atoms with van der Waals surface area (Å²) in [5.74, 6) is -1.19. The number of rotatable bonds is 7. The van der Waals surface area contributed by atoms with Crippen LogP contribution < -0.4 is 4.72 Å². The predicted octanol–water partition coefficient (Wildman–Crippen LogP) is 2.13. The number of nitro groups is 1. The van der Waals surface area contributed by atoms with E-state index in [0.717, 1.165) is 5.56 Å². The van der Waals surface area contributed by atoms with Crippen LogP contribution in [-0.2, 0) is 20.6 Å². The van der Waals surface area contributed by atoms with E-state index in [-0.39, 0.29) is 18.0 Å². The maximum Gasteiger partial charge on any atom is 0.269 e. The first-order chi connectivity index (χ1) is 11.8. The van der Waals surface area contributed by atoms with Crippen molar-refractivity contribution in [1.82, 2.24) is 9.71 Å². The molecular weight excluding hydrogens is 346 g/mol. The summed E-state index contributed by atoms with van der Waals surface area (Å²) in [5.41, 5.74) is 1.11. The van der Waals surface area contributed by atoms with Crippen molar-refractivity contribution >= 4 is 21.6 Å². The standard InChI is InChI=1S/C16H17N3O5S/c1-12(14-6-8-17-9-7-14)10-16(20)18-25(23,24)11-13-2-4-15(5-3-13)19(21)22/h2-9,12H,10-11H2,1H3,(H,18,20)/t12-/m0/s1. The van der Waals surface area contributed by atoms with E-state index in [1.165, 1.54) is 24.3 Å². The number of amides is 1. The molecule has 0 aliphatic heterocycles. The molecule has 25 heavy (non-hydrogen) atoms. The first-order valence-corrected chi connectivity index (χ1v) is 9.08. The zero-order chi connectivity index (χ0) is 18.4. The van der Waals surface area contributed by atoms with Crippen molar-refractivity contribution < 1.29 is 18.1 Å². The summed E-state index contributed by atoms with van der Waals surface area (Å²) in [4.78, 5) is 25.9. The molecule has 0 unspecified atom stereocenters. The fourth-order valence-electron chi connectivity index (χ4n) is 2.27. The minimum absolute atomic E-state index is 0.0174. The van der Waals surface area contributed by atoms with E-state index in [1.54, 1.807) is 24.5 Å². The lowest BCUT2D eigenvalue weighted by Gasteiger charge is -2.12. The number of carbonyl (C=O) groups is 1. The van der Waals surface area contributed by atoms with Gasteiger partial charge < -0.3 is 0 Å². The average molecular weight is 363 g/mol. The van der Waals surface area contributed by atoms with E-state index in [1.807, 2.05) is 11.6 Å². The van der Waals surface area contributed by atoms with Crippen LogP contribution >= 0.6 is 0 Å². The van der Waals surface area contributed by atoms with Crippen LogP contribution in [0.1, 0.15) is 30.4 Å². The van der Waals surface area contributed by atoms with Gasteiger partial charge in [0.15, 0.2) is 0 Å². The number of pyridine rings is 1. The molecule has 9 heteroatoms. The molecule has 0 saturated carbocycles. The molecule has 1 heterocycles. The smallest absolute Gasteiger partial charge is 0.269 e. The van der Waals surface area contributed by atoms with Crippen LogP contribution in [0.25, 0.3) is 0 Å². The molecule has 0 spiro atoms. The summed E-state index contributed by atoms with van der Waals surface area (Å²) in [6.07, 6.45) is 3.23. The number of non-ortho nitro benzene ring substituents is 1. The SMILES string of the molecule is C[C@@H](CC(=O)NS(=O)(=O)Cc1ccc([N+](=O)[O-])cc1)c1ccncc1. The molecule has 0 aliphatic carbocycles. The quantitative estimate of drug-likeness (QED) is 0.594. The molecule has 1 aromatic carbocycles. The van der Waals surface area contributed by atoms with E-state index in [9.17, 15) is 23.3 Å². The largest absolute Gasteiger partial charge is 0.274 e. The summed E-state index contributed by atoms with van der Waals surface area (Å²) in [6, 6.07) is 8.67. The maximum atomic E-state index is 12.1. The number of nitro benzene ring substituents is 1. The summed E-state index contributed by atoms with van der Waals surface area (Å²) < 4.78 is 26.2. The minimum Gasteiger partial charge on any atom is -0.274 e. The second-order valence-electron chi connectivity index (χ2n) is 5.59. The average Bonchev–Trinajstić information content (AvgIpc) is 2.55. The van der Waals surface area contributed by atoms with Crippen molar-refractivity contribution in [3.8, 4) is 0 Å². The Hall–Kier alpha value is -2.81. The van der Waals surface area contributed by atoms with Gasteiger partial charge in [-0.1, -0.05) is 19.1 Å². The minimum atomic E-state index is -3.88. The Morgan fingerprint density at radius 3 is 2.36 bits per heavy atom. The number of aromatic nitrogens is 1. The highest BCUT2D eigenvalue weighted by Gasteiger charge is 2.18. The summed E-state index contributed by atoms with van der Waals surface area (Å²) >= 11 is 0. The van der Waals surface area contributed by atoms with Crippen molar-refractivity contribution in [3.05, 3.63) is 70.0 Å². The lowest BCUT2D eigenvalue weighted by atomic mass is 9.99. The van der Waals surface area contributed by atoms with Crippen molar-refractivity contribution in [2.45, 2.75) is 25.0 Å². The lowest BCUT2D eigenvalue weighted by Crippen LogP contribution is -2.32. The molecule has 0 saturated heterocycles. The van der Waals surface area contributed by atoms with Gasteiger partial charge in [0.05, 0.1) is 10.7 Å². The van der Waals surface area contributed by atoms with Gasteiger partial charge in [0.25, 0.3) is 5.69 Å². The van der Waals surface area contributed by atoms with E-state index < -0.39 is 26.6 Å². The summed E-state index contributed by atoms with van der Waals surface area (Å²) in [5, 5.41) is 10.6. The molecule has 1 amide bonds. The van der Waals surface area contributed by atoms with E-state index >= 15 is 0 Å². The first-order valence-electron chi connectivity index (χ1n) is 7.43. The van der Waals surface area contributed by atoms with Gasteiger partial charge >= 0.3 is 0 Å². The molecular formula is C16H17N3O5S. The Morgan fingerprint density at radius 2 is 1.80 bits per heavy atom. The molecule has 1 atom stereocenters.